The lowest BCUT2D eigenvalue weighted by atomic mass is 10.0. The minimum absolute atomic E-state index is 0.136. The molecule has 5 nitrogen and oxygen atoms in total. The molecule has 2 aliphatic rings. The molecule has 4 rings (SSSR count). The Balaban J connectivity index is 1.88. The van der Waals surface area contributed by atoms with Crippen molar-refractivity contribution in [2.75, 3.05) is 31.1 Å². The Hall–Kier alpha value is -2.73. The highest BCUT2D eigenvalue weighted by Gasteiger charge is 2.21. The van der Waals surface area contributed by atoms with Crippen LogP contribution in [0.15, 0.2) is 42.5 Å². The van der Waals surface area contributed by atoms with E-state index in [2.05, 4.69) is 15.2 Å². The first kappa shape index (κ1) is 16.7. The van der Waals surface area contributed by atoms with Gasteiger partial charge in [0.25, 0.3) is 0 Å². The topological polar surface area (TPSA) is 61.3 Å². The number of nitrogens with zero attached hydrogens (tertiary/aromatic N) is 3. The fourth-order valence-corrected chi connectivity index (χ4v) is 3.31. The first-order valence-corrected chi connectivity index (χ1v) is 8.86. The van der Waals surface area contributed by atoms with E-state index < -0.39 is 6.17 Å². The van der Waals surface area contributed by atoms with Crippen LogP contribution in [0.25, 0.3) is 17.5 Å². The first-order valence-electron chi connectivity index (χ1n) is 8.86. The number of phenols is 1. The molecule has 0 radical (unpaired) electrons. The van der Waals surface area contributed by atoms with Gasteiger partial charge >= 0.3 is 0 Å². The second-order valence-electron chi connectivity index (χ2n) is 6.42. The highest BCUT2D eigenvalue weighted by atomic mass is 19.1. The molecule has 0 saturated carbocycles. The van der Waals surface area contributed by atoms with Crippen molar-refractivity contribution < 1.29 is 9.50 Å². The number of para-hydroxylation sites is 1. The van der Waals surface area contributed by atoms with Gasteiger partial charge in [0.1, 0.15) is 17.7 Å². The molecule has 1 aliphatic heterocycles. The number of phenolic OH excluding ortho intramolecular Hbond substituents is 1. The maximum Gasteiger partial charge on any atom is 0.165 e. The molecule has 1 aliphatic carbocycles. The zero-order valence-electron chi connectivity index (χ0n) is 14.4. The zero-order chi connectivity index (χ0) is 17.9. The third-order valence-electron chi connectivity index (χ3n) is 4.66. The summed E-state index contributed by atoms with van der Waals surface area (Å²) in [5.41, 5.74) is 2.28. The Bertz CT molecular complexity index is 859. The van der Waals surface area contributed by atoms with Crippen LogP contribution in [0.1, 0.15) is 11.3 Å². The number of allylic oxidation sites excluding steroid dienone is 3. The van der Waals surface area contributed by atoms with Crippen LogP contribution in [0.2, 0.25) is 0 Å². The summed E-state index contributed by atoms with van der Waals surface area (Å²) in [6.07, 6.45) is 6.08. The van der Waals surface area contributed by atoms with E-state index in [-0.39, 0.29) is 5.75 Å². The second-order valence-corrected chi connectivity index (χ2v) is 6.42. The average molecular weight is 352 g/mol. The van der Waals surface area contributed by atoms with Crippen molar-refractivity contribution in [2.45, 2.75) is 12.6 Å². The third-order valence-corrected chi connectivity index (χ3v) is 4.66. The van der Waals surface area contributed by atoms with Crippen molar-refractivity contribution in [3.63, 3.8) is 0 Å². The van der Waals surface area contributed by atoms with Crippen molar-refractivity contribution >= 4 is 11.9 Å². The van der Waals surface area contributed by atoms with Gasteiger partial charge in [-0.05, 0) is 30.7 Å². The maximum absolute atomic E-state index is 13.8. The van der Waals surface area contributed by atoms with Gasteiger partial charge < -0.3 is 15.3 Å². The van der Waals surface area contributed by atoms with E-state index in [9.17, 15) is 9.50 Å². The molecular weight excluding hydrogens is 331 g/mol. The number of halogens is 1. The number of alkyl halides is 1. The van der Waals surface area contributed by atoms with E-state index in [1.165, 1.54) is 6.08 Å². The smallest absolute Gasteiger partial charge is 0.165 e. The van der Waals surface area contributed by atoms with Crippen molar-refractivity contribution in [1.82, 2.24) is 15.3 Å². The van der Waals surface area contributed by atoms with Gasteiger partial charge in [-0.15, -0.1) is 0 Å². The number of fused-ring (bicyclic) bond motifs is 1. The number of nitrogens with one attached hydrogen (secondary N) is 1. The molecule has 26 heavy (non-hydrogen) atoms. The molecule has 2 N–H and O–H groups in total. The summed E-state index contributed by atoms with van der Waals surface area (Å²) in [4.78, 5) is 11.7. The van der Waals surface area contributed by atoms with Gasteiger partial charge in [0.05, 0.1) is 11.3 Å². The monoisotopic (exact) mass is 352 g/mol. The Labute approximate surface area is 151 Å². The van der Waals surface area contributed by atoms with Gasteiger partial charge in [-0.3, -0.25) is 0 Å². The van der Waals surface area contributed by atoms with E-state index in [4.69, 9.17) is 4.98 Å². The predicted octanol–water partition coefficient (Wildman–Crippen LogP) is 2.72. The minimum atomic E-state index is -1.12. The highest BCUT2D eigenvalue weighted by molar-refractivity contribution is 5.70. The molecule has 134 valence electrons. The summed E-state index contributed by atoms with van der Waals surface area (Å²) < 4.78 is 13.8. The molecular formula is C20H21FN4O. The van der Waals surface area contributed by atoms with E-state index in [1.807, 2.05) is 12.1 Å². The fourth-order valence-electron chi connectivity index (χ4n) is 3.31. The van der Waals surface area contributed by atoms with Gasteiger partial charge in [0.15, 0.2) is 5.82 Å². The van der Waals surface area contributed by atoms with Crippen LogP contribution in [0.5, 0.6) is 5.75 Å². The number of anilines is 1. The van der Waals surface area contributed by atoms with E-state index in [1.54, 1.807) is 30.4 Å². The number of aromatic hydroxyl groups is 1. The van der Waals surface area contributed by atoms with E-state index in [0.717, 1.165) is 37.6 Å². The highest BCUT2D eigenvalue weighted by Crippen LogP contribution is 2.32. The third kappa shape index (κ3) is 3.32. The van der Waals surface area contributed by atoms with E-state index in [0.29, 0.717) is 23.5 Å². The SMILES string of the molecule is Oc1ccccc1-c1nc2c(c(N3CCNCC3)n1)CC=CC(F)/C=C\2. The number of hydrogen-bond donors (Lipinski definition) is 2. The standard InChI is InChI=1S/C20H21FN4O/c21-14-4-3-6-15-17(9-8-14)23-19(16-5-1-2-7-18(16)26)24-20(15)25-12-10-22-11-13-25/h1-5,7-9,14,22,26H,6,10-13H2/b4-3?,9-8-. The molecule has 2 aromatic rings. The summed E-state index contributed by atoms with van der Waals surface area (Å²) in [6.45, 7) is 3.48. The summed E-state index contributed by atoms with van der Waals surface area (Å²) in [5, 5.41) is 13.6. The van der Waals surface area contributed by atoms with E-state index >= 15 is 0 Å². The number of rotatable bonds is 2. The summed E-state index contributed by atoms with van der Waals surface area (Å²) in [7, 11) is 0. The minimum Gasteiger partial charge on any atom is -0.507 e. The zero-order valence-corrected chi connectivity index (χ0v) is 14.4. The number of benzene rings is 1. The van der Waals surface area contributed by atoms with Gasteiger partial charge in [0.2, 0.25) is 0 Å². The lowest BCUT2D eigenvalue weighted by Crippen LogP contribution is -2.44. The molecule has 1 unspecified atom stereocenters. The largest absolute Gasteiger partial charge is 0.507 e. The molecule has 1 aromatic carbocycles. The Morgan fingerprint density at radius 2 is 1.92 bits per heavy atom. The van der Waals surface area contributed by atoms with Crippen molar-refractivity contribution in [3.8, 4) is 17.1 Å². The first-order chi connectivity index (χ1) is 12.7. The van der Waals surface area contributed by atoms with Gasteiger partial charge in [0, 0.05) is 31.7 Å². The average Bonchev–Trinajstić information content (AvgIpc) is 2.66. The Morgan fingerprint density at radius 3 is 2.73 bits per heavy atom. The Kier molecular flexibility index (Phi) is 4.67. The quantitative estimate of drug-likeness (QED) is 0.814. The van der Waals surface area contributed by atoms with Crippen LogP contribution in [0.4, 0.5) is 10.2 Å². The summed E-state index contributed by atoms with van der Waals surface area (Å²) in [6, 6.07) is 7.02. The van der Waals surface area contributed by atoms with Crippen molar-refractivity contribution in [3.05, 3.63) is 53.8 Å². The Morgan fingerprint density at radius 1 is 1.12 bits per heavy atom. The molecule has 0 amide bonds. The van der Waals surface area contributed by atoms with Crippen molar-refractivity contribution in [2.24, 2.45) is 0 Å². The van der Waals surface area contributed by atoms with Gasteiger partial charge in [-0.25, -0.2) is 14.4 Å². The molecule has 1 saturated heterocycles. The summed E-state index contributed by atoms with van der Waals surface area (Å²) in [5.74, 6) is 1.46. The van der Waals surface area contributed by atoms with Crippen LogP contribution in [-0.4, -0.2) is 47.4 Å². The van der Waals surface area contributed by atoms with Gasteiger partial charge in [-0.2, -0.15) is 0 Å². The molecule has 1 atom stereocenters. The molecule has 0 bridgehead atoms. The fraction of sp³-hybridized carbons (Fsp3) is 0.300. The van der Waals surface area contributed by atoms with Crippen LogP contribution in [-0.2, 0) is 6.42 Å². The molecule has 1 fully saturated rings. The lowest BCUT2D eigenvalue weighted by molar-refractivity contribution is 0.469. The number of piperazine rings is 1. The van der Waals surface area contributed by atoms with Crippen LogP contribution in [0, 0.1) is 0 Å². The number of hydrogen-bond acceptors (Lipinski definition) is 5. The lowest BCUT2D eigenvalue weighted by Gasteiger charge is -2.31. The molecule has 6 heteroatoms. The van der Waals surface area contributed by atoms with Crippen LogP contribution >= 0.6 is 0 Å². The molecule has 1 aromatic heterocycles. The van der Waals surface area contributed by atoms with Crippen molar-refractivity contribution in [1.29, 1.82) is 0 Å². The van der Waals surface area contributed by atoms with Crippen LogP contribution in [0.3, 0.4) is 0 Å². The second kappa shape index (κ2) is 7.25. The molecule has 0 spiro atoms. The van der Waals surface area contributed by atoms with Gasteiger partial charge in [-0.1, -0.05) is 24.3 Å². The summed E-state index contributed by atoms with van der Waals surface area (Å²) >= 11 is 0. The predicted molar refractivity (Wildman–Crippen MR) is 101 cm³/mol. The maximum atomic E-state index is 13.8. The normalized spacial score (nSPS) is 21.0. The molecule has 2 heterocycles. The van der Waals surface area contributed by atoms with Crippen LogP contribution < -0.4 is 10.2 Å². The number of aromatic nitrogens is 2.